The first-order chi connectivity index (χ1) is 15.3. The van der Waals surface area contributed by atoms with Crippen molar-refractivity contribution in [2.75, 3.05) is 0 Å². The molecule has 0 aliphatic carbocycles. The minimum absolute atomic E-state index is 0.137. The number of benzene rings is 2. The standard InChI is InChI=1S/C22H17N7O3/c1-22(14-7-5-6-13(10-14)11-23)19(31)28(21(32)24-22)12-17-25-26-20-27(2)18(30)15-8-3-4-9-16(15)29(17)20/h3-10H,12H2,1-2H3,(H,24,32). The van der Waals surface area contributed by atoms with Crippen molar-refractivity contribution in [3.8, 4) is 6.07 Å². The molecular formula is C22H17N7O3. The lowest BCUT2D eigenvalue weighted by molar-refractivity contribution is -0.131. The van der Waals surface area contributed by atoms with Crippen LogP contribution < -0.4 is 10.9 Å². The van der Waals surface area contributed by atoms with Gasteiger partial charge in [0.1, 0.15) is 5.54 Å². The molecule has 2 aromatic heterocycles. The zero-order chi connectivity index (χ0) is 22.6. The molecule has 32 heavy (non-hydrogen) atoms. The Labute approximate surface area is 181 Å². The molecule has 1 saturated heterocycles. The van der Waals surface area contributed by atoms with Crippen molar-refractivity contribution in [2.45, 2.75) is 19.0 Å². The van der Waals surface area contributed by atoms with Crippen LogP contribution in [0.2, 0.25) is 0 Å². The maximum atomic E-state index is 13.3. The Morgan fingerprint density at radius 2 is 1.88 bits per heavy atom. The second-order valence-electron chi connectivity index (χ2n) is 7.77. The lowest BCUT2D eigenvalue weighted by Crippen LogP contribution is -2.41. The molecule has 1 unspecified atom stereocenters. The summed E-state index contributed by atoms with van der Waals surface area (Å²) in [6, 6.07) is 15.0. The number of hydrogen-bond acceptors (Lipinski definition) is 6. The number of para-hydroxylation sites is 1. The van der Waals surface area contributed by atoms with Crippen LogP contribution in [-0.4, -0.2) is 36.0 Å². The summed E-state index contributed by atoms with van der Waals surface area (Å²) in [7, 11) is 1.59. The molecule has 1 atom stereocenters. The van der Waals surface area contributed by atoms with Crippen LogP contribution in [0.4, 0.5) is 4.79 Å². The third kappa shape index (κ3) is 2.61. The Hall–Kier alpha value is -4.52. The van der Waals surface area contributed by atoms with Gasteiger partial charge in [-0.3, -0.25) is 23.5 Å². The van der Waals surface area contributed by atoms with Gasteiger partial charge in [-0.05, 0) is 36.8 Å². The maximum absolute atomic E-state index is 13.3. The number of fused-ring (bicyclic) bond motifs is 3. The SMILES string of the molecule is Cn1c(=O)c2ccccc2n2c(CN3C(=O)NC(C)(c4cccc(C#N)c4)C3=O)nnc12. The van der Waals surface area contributed by atoms with E-state index in [-0.39, 0.29) is 12.1 Å². The Morgan fingerprint density at radius 3 is 2.66 bits per heavy atom. The number of nitrogens with zero attached hydrogens (tertiary/aromatic N) is 6. The van der Waals surface area contributed by atoms with Crippen LogP contribution in [0.25, 0.3) is 16.7 Å². The zero-order valence-electron chi connectivity index (χ0n) is 17.2. The molecule has 5 rings (SSSR count). The number of aromatic nitrogens is 4. The van der Waals surface area contributed by atoms with Gasteiger partial charge in [0.2, 0.25) is 5.78 Å². The number of nitrogens with one attached hydrogen (secondary N) is 1. The molecule has 10 heteroatoms. The summed E-state index contributed by atoms with van der Waals surface area (Å²) in [5, 5.41) is 20.7. The predicted molar refractivity (Wildman–Crippen MR) is 113 cm³/mol. The van der Waals surface area contributed by atoms with Crippen molar-refractivity contribution in [3.63, 3.8) is 0 Å². The van der Waals surface area contributed by atoms with E-state index in [4.69, 9.17) is 0 Å². The fourth-order valence-electron chi connectivity index (χ4n) is 4.07. The van der Waals surface area contributed by atoms with Crippen LogP contribution in [-0.2, 0) is 23.9 Å². The van der Waals surface area contributed by atoms with Crippen LogP contribution in [0.5, 0.6) is 0 Å². The molecule has 3 heterocycles. The molecule has 4 aromatic rings. The van der Waals surface area contributed by atoms with E-state index < -0.39 is 17.5 Å². The Kier molecular flexibility index (Phi) is 4.10. The van der Waals surface area contributed by atoms with E-state index >= 15 is 0 Å². The molecule has 3 amide bonds. The fraction of sp³-hybridized carbons (Fsp3) is 0.182. The third-order valence-corrected chi connectivity index (χ3v) is 5.84. The van der Waals surface area contributed by atoms with E-state index in [0.29, 0.717) is 33.6 Å². The minimum Gasteiger partial charge on any atom is -0.319 e. The third-order valence-electron chi connectivity index (χ3n) is 5.84. The van der Waals surface area contributed by atoms with E-state index in [1.54, 1.807) is 66.9 Å². The first-order valence-corrected chi connectivity index (χ1v) is 9.81. The van der Waals surface area contributed by atoms with Crippen molar-refractivity contribution in [1.29, 1.82) is 5.26 Å². The highest BCUT2D eigenvalue weighted by Gasteiger charge is 2.49. The number of hydrogen-bond donors (Lipinski definition) is 1. The summed E-state index contributed by atoms with van der Waals surface area (Å²) in [4.78, 5) is 39.8. The fourth-order valence-corrected chi connectivity index (χ4v) is 4.07. The van der Waals surface area contributed by atoms with Crippen molar-refractivity contribution < 1.29 is 9.59 Å². The van der Waals surface area contributed by atoms with Gasteiger partial charge in [-0.25, -0.2) is 4.79 Å². The molecule has 0 spiro atoms. The van der Waals surface area contributed by atoms with Gasteiger partial charge in [0.25, 0.3) is 11.5 Å². The number of nitriles is 1. The van der Waals surface area contributed by atoms with Crippen LogP contribution in [0.3, 0.4) is 0 Å². The topological polar surface area (TPSA) is 125 Å². The van der Waals surface area contributed by atoms with Gasteiger partial charge in [-0.15, -0.1) is 10.2 Å². The highest BCUT2D eigenvalue weighted by Crippen LogP contribution is 2.30. The number of carbonyl (C=O) groups excluding carboxylic acids is 2. The van der Waals surface area contributed by atoms with E-state index in [0.717, 1.165) is 4.90 Å². The van der Waals surface area contributed by atoms with Gasteiger partial charge in [-0.1, -0.05) is 24.3 Å². The molecule has 1 fully saturated rings. The summed E-state index contributed by atoms with van der Waals surface area (Å²) in [5.41, 5.74) is -0.0511. The second-order valence-corrected chi connectivity index (χ2v) is 7.77. The van der Waals surface area contributed by atoms with Crippen molar-refractivity contribution >= 4 is 28.6 Å². The normalized spacial score (nSPS) is 18.3. The molecule has 1 N–H and O–H groups in total. The van der Waals surface area contributed by atoms with E-state index in [1.165, 1.54) is 4.57 Å². The average molecular weight is 427 g/mol. The molecule has 2 aromatic carbocycles. The number of rotatable bonds is 3. The lowest BCUT2D eigenvalue weighted by atomic mass is 9.91. The summed E-state index contributed by atoms with van der Waals surface area (Å²) >= 11 is 0. The van der Waals surface area contributed by atoms with E-state index in [2.05, 4.69) is 15.5 Å². The smallest absolute Gasteiger partial charge is 0.319 e. The minimum atomic E-state index is -1.32. The highest BCUT2D eigenvalue weighted by molar-refractivity contribution is 6.07. The molecule has 1 aliphatic heterocycles. The van der Waals surface area contributed by atoms with E-state index in [9.17, 15) is 19.6 Å². The van der Waals surface area contributed by atoms with Crippen molar-refractivity contribution in [2.24, 2.45) is 7.05 Å². The van der Waals surface area contributed by atoms with Gasteiger partial charge in [0.15, 0.2) is 5.82 Å². The first-order valence-electron chi connectivity index (χ1n) is 9.81. The summed E-state index contributed by atoms with van der Waals surface area (Å²) in [5.74, 6) is 0.175. The zero-order valence-corrected chi connectivity index (χ0v) is 17.2. The van der Waals surface area contributed by atoms with Gasteiger partial charge < -0.3 is 5.32 Å². The van der Waals surface area contributed by atoms with Gasteiger partial charge in [0, 0.05) is 7.05 Å². The number of imide groups is 1. The van der Waals surface area contributed by atoms with Crippen LogP contribution in [0.15, 0.2) is 53.3 Å². The molecule has 10 nitrogen and oxygen atoms in total. The summed E-state index contributed by atoms with van der Waals surface area (Å²) in [6.07, 6.45) is 0. The molecule has 1 aliphatic rings. The highest BCUT2D eigenvalue weighted by atomic mass is 16.2. The molecule has 0 bridgehead atoms. The number of amides is 3. The average Bonchev–Trinajstić information content (AvgIpc) is 3.33. The number of carbonyl (C=O) groups is 2. The van der Waals surface area contributed by atoms with Crippen LogP contribution in [0.1, 0.15) is 23.9 Å². The number of urea groups is 1. The predicted octanol–water partition coefficient (Wildman–Crippen LogP) is 1.42. The van der Waals surface area contributed by atoms with Crippen LogP contribution in [0, 0.1) is 11.3 Å². The monoisotopic (exact) mass is 427 g/mol. The quantitative estimate of drug-likeness (QED) is 0.493. The summed E-state index contributed by atoms with van der Waals surface area (Å²) < 4.78 is 3.05. The second kappa shape index (κ2) is 6.75. The molecule has 0 saturated carbocycles. The largest absolute Gasteiger partial charge is 0.325 e. The van der Waals surface area contributed by atoms with Crippen LogP contribution >= 0.6 is 0 Å². The van der Waals surface area contributed by atoms with Gasteiger partial charge in [0.05, 0.1) is 29.1 Å². The summed E-state index contributed by atoms with van der Waals surface area (Å²) in [6.45, 7) is 1.46. The Balaban J connectivity index is 1.59. The van der Waals surface area contributed by atoms with Gasteiger partial charge in [-0.2, -0.15) is 5.26 Å². The van der Waals surface area contributed by atoms with Crippen molar-refractivity contribution in [1.82, 2.24) is 29.4 Å². The van der Waals surface area contributed by atoms with E-state index in [1.807, 2.05) is 6.07 Å². The van der Waals surface area contributed by atoms with Gasteiger partial charge >= 0.3 is 6.03 Å². The van der Waals surface area contributed by atoms with Crippen molar-refractivity contribution in [3.05, 3.63) is 75.8 Å². The number of aryl methyl sites for hydroxylation is 1. The lowest BCUT2D eigenvalue weighted by Gasteiger charge is -2.22. The molecule has 158 valence electrons. The molecular weight excluding hydrogens is 410 g/mol. The Morgan fingerprint density at radius 1 is 1.09 bits per heavy atom. The first kappa shape index (κ1) is 19.4. The maximum Gasteiger partial charge on any atom is 0.325 e. The Bertz CT molecular complexity index is 1540. The molecule has 0 radical (unpaired) electrons.